The first-order valence-electron chi connectivity index (χ1n) is 6.78. The zero-order chi connectivity index (χ0) is 11.4. The molecule has 0 amide bonds. The van der Waals surface area contributed by atoms with Gasteiger partial charge in [0.25, 0.3) is 0 Å². The second-order valence-electron chi connectivity index (χ2n) is 4.24. The van der Waals surface area contributed by atoms with Crippen molar-refractivity contribution in [1.82, 2.24) is 0 Å². The van der Waals surface area contributed by atoms with Crippen molar-refractivity contribution in [3.05, 3.63) is 6.42 Å². The van der Waals surface area contributed by atoms with Gasteiger partial charge in [-0.15, -0.1) is 0 Å². The van der Waals surface area contributed by atoms with Gasteiger partial charge in [0.15, 0.2) is 0 Å². The van der Waals surface area contributed by atoms with Gasteiger partial charge in [0.05, 0.1) is 6.10 Å². The van der Waals surface area contributed by atoms with Gasteiger partial charge in [-0.25, -0.2) is 0 Å². The van der Waals surface area contributed by atoms with Crippen LogP contribution >= 0.6 is 0 Å². The minimum absolute atomic E-state index is 0.512. The van der Waals surface area contributed by atoms with Crippen LogP contribution in [-0.2, 0) is 4.74 Å². The second kappa shape index (κ2) is 12.0. The van der Waals surface area contributed by atoms with Crippen molar-refractivity contribution in [2.45, 2.75) is 78.2 Å². The van der Waals surface area contributed by atoms with E-state index in [2.05, 4.69) is 27.2 Å². The van der Waals surface area contributed by atoms with E-state index in [0.29, 0.717) is 6.10 Å². The highest BCUT2D eigenvalue weighted by Crippen LogP contribution is 2.11. The third kappa shape index (κ3) is 10.2. The van der Waals surface area contributed by atoms with Crippen LogP contribution in [0.3, 0.4) is 0 Å². The number of hydrogen-bond donors (Lipinski definition) is 0. The van der Waals surface area contributed by atoms with Crippen LogP contribution in [0.5, 0.6) is 0 Å². The molecule has 1 atom stereocenters. The Kier molecular flexibility index (Phi) is 12.0. The molecule has 0 aliphatic heterocycles. The topological polar surface area (TPSA) is 9.23 Å². The Labute approximate surface area is 96.6 Å². The maximum Gasteiger partial charge on any atom is 0.0572 e. The molecule has 0 bridgehead atoms. The van der Waals surface area contributed by atoms with Crippen LogP contribution in [0.2, 0.25) is 0 Å². The van der Waals surface area contributed by atoms with Crippen molar-refractivity contribution in [3.8, 4) is 0 Å². The summed E-state index contributed by atoms with van der Waals surface area (Å²) in [6, 6.07) is 0. The van der Waals surface area contributed by atoms with E-state index in [9.17, 15) is 0 Å². The van der Waals surface area contributed by atoms with Crippen LogP contribution in [0.1, 0.15) is 72.1 Å². The van der Waals surface area contributed by atoms with Crippen molar-refractivity contribution in [2.75, 3.05) is 6.61 Å². The highest BCUT2D eigenvalue weighted by molar-refractivity contribution is 4.63. The predicted octanol–water partition coefficient (Wildman–Crippen LogP) is 4.76. The normalized spacial score (nSPS) is 13.0. The van der Waals surface area contributed by atoms with Gasteiger partial charge in [0, 0.05) is 6.61 Å². The number of hydrogen-bond acceptors (Lipinski definition) is 1. The average Bonchev–Trinajstić information content (AvgIpc) is 2.26. The van der Waals surface area contributed by atoms with E-state index in [-0.39, 0.29) is 0 Å². The standard InChI is InChI=1S/C14H29O/c1-4-7-9-10-11-12-14(6-3)15-13-8-5-2/h7,14H,4-6,8-13H2,1-3H3. The van der Waals surface area contributed by atoms with Crippen molar-refractivity contribution >= 4 is 0 Å². The summed E-state index contributed by atoms with van der Waals surface area (Å²) in [4.78, 5) is 0. The molecule has 0 spiro atoms. The monoisotopic (exact) mass is 213 g/mol. The van der Waals surface area contributed by atoms with Gasteiger partial charge >= 0.3 is 0 Å². The summed E-state index contributed by atoms with van der Waals surface area (Å²) >= 11 is 0. The first-order valence-corrected chi connectivity index (χ1v) is 6.78. The zero-order valence-corrected chi connectivity index (χ0v) is 10.9. The van der Waals surface area contributed by atoms with Crippen LogP contribution < -0.4 is 0 Å². The lowest BCUT2D eigenvalue weighted by Gasteiger charge is -2.15. The Morgan fingerprint density at radius 3 is 2.47 bits per heavy atom. The molecule has 0 aromatic carbocycles. The summed E-state index contributed by atoms with van der Waals surface area (Å²) < 4.78 is 5.83. The molecule has 15 heavy (non-hydrogen) atoms. The first kappa shape index (κ1) is 15.0. The molecule has 1 unspecified atom stereocenters. The summed E-state index contributed by atoms with van der Waals surface area (Å²) in [7, 11) is 0. The molecular weight excluding hydrogens is 184 g/mol. The Morgan fingerprint density at radius 2 is 1.87 bits per heavy atom. The van der Waals surface area contributed by atoms with E-state index in [0.717, 1.165) is 6.61 Å². The summed E-state index contributed by atoms with van der Waals surface area (Å²) in [5, 5.41) is 0. The molecule has 0 aliphatic rings. The molecule has 0 aromatic rings. The Morgan fingerprint density at radius 1 is 1.07 bits per heavy atom. The minimum Gasteiger partial charge on any atom is -0.378 e. The van der Waals surface area contributed by atoms with E-state index >= 15 is 0 Å². The molecule has 0 heterocycles. The summed E-state index contributed by atoms with van der Waals surface area (Å²) in [6.45, 7) is 7.61. The highest BCUT2D eigenvalue weighted by Gasteiger charge is 2.05. The maximum atomic E-state index is 5.83. The van der Waals surface area contributed by atoms with Crippen LogP contribution in [0, 0.1) is 6.42 Å². The largest absolute Gasteiger partial charge is 0.378 e. The fraction of sp³-hybridized carbons (Fsp3) is 0.929. The maximum absolute atomic E-state index is 5.83. The number of rotatable bonds is 11. The SMILES string of the molecule is CC[CH]CCCCC(CC)OCCCC. The average molecular weight is 213 g/mol. The molecule has 0 fully saturated rings. The van der Waals surface area contributed by atoms with Gasteiger partial charge in [-0.05, 0) is 25.7 Å². The zero-order valence-electron chi connectivity index (χ0n) is 10.9. The number of unbranched alkanes of at least 4 members (excludes halogenated alkanes) is 5. The second-order valence-corrected chi connectivity index (χ2v) is 4.24. The third-order valence-electron chi connectivity index (χ3n) is 2.78. The van der Waals surface area contributed by atoms with Gasteiger partial charge in [0.2, 0.25) is 0 Å². The van der Waals surface area contributed by atoms with Crippen LogP contribution in [-0.4, -0.2) is 12.7 Å². The molecule has 1 heteroatoms. The van der Waals surface area contributed by atoms with Gasteiger partial charge in [-0.2, -0.15) is 0 Å². The Bertz CT molecular complexity index is 112. The van der Waals surface area contributed by atoms with Gasteiger partial charge < -0.3 is 4.74 Å². The third-order valence-corrected chi connectivity index (χ3v) is 2.78. The lowest BCUT2D eigenvalue weighted by atomic mass is 10.1. The summed E-state index contributed by atoms with van der Waals surface area (Å²) in [6.07, 6.45) is 12.9. The van der Waals surface area contributed by atoms with Crippen LogP contribution in [0.15, 0.2) is 0 Å². The Balaban J connectivity index is 3.28. The molecule has 1 radical (unpaired) electrons. The summed E-state index contributed by atoms with van der Waals surface area (Å²) in [5.74, 6) is 0. The van der Waals surface area contributed by atoms with Crippen LogP contribution in [0.25, 0.3) is 0 Å². The van der Waals surface area contributed by atoms with Crippen molar-refractivity contribution in [2.24, 2.45) is 0 Å². The van der Waals surface area contributed by atoms with Crippen molar-refractivity contribution in [3.63, 3.8) is 0 Å². The van der Waals surface area contributed by atoms with Gasteiger partial charge in [-0.1, -0.05) is 52.9 Å². The summed E-state index contributed by atoms with van der Waals surface area (Å²) in [5.41, 5.74) is 0. The van der Waals surface area contributed by atoms with Crippen molar-refractivity contribution < 1.29 is 4.74 Å². The fourth-order valence-corrected chi connectivity index (χ4v) is 1.66. The van der Waals surface area contributed by atoms with Gasteiger partial charge in [-0.3, -0.25) is 0 Å². The van der Waals surface area contributed by atoms with E-state index in [1.165, 1.54) is 51.4 Å². The van der Waals surface area contributed by atoms with E-state index in [1.54, 1.807) is 0 Å². The molecule has 0 aromatic heterocycles. The smallest absolute Gasteiger partial charge is 0.0572 e. The fourth-order valence-electron chi connectivity index (χ4n) is 1.66. The molecule has 0 saturated heterocycles. The van der Waals surface area contributed by atoms with E-state index < -0.39 is 0 Å². The molecule has 1 nitrogen and oxygen atoms in total. The van der Waals surface area contributed by atoms with Crippen molar-refractivity contribution in [1.29, 1.82) is 0 Å². The molecule has 0 saturated carbocycles. The van der Waals surface area contributed by atoms with Gasteiger partial charge in [0.1, 0.15) is 0 Å². The Hall–Kier alpha value is -0.0400. The quantitative estimate of drug-likeness (QED) is 0.450. The molecule has 0 rings (SSSR count). The first-order chi connectivity index (χ1) is 7.35. The predicted molar refractivity (Wildman–Crippen MR) is 68.0 cm³/mol. The molecule has 91 valence electrons. The minimum atomic E-state index is 0.512. The molecule has 0 aliphatic carbocycles. The lowest BCUT2D eigenvalue weighted by molar-refractivity contribution is 0.0415. The van der Waals surface area contributed by atoms with Crippen LogP contribution in [0.4, 0.5) is 0 Å². The van der Waals surface area contributed by atoms with E-state index in [1.807, 2.05) is 0 Å². The highest BCUT2D eigenvalue weighted by atomic mass is 16.5. The lowest BCUT2D eigenvalue weighted by Crippen LogP contribution is -2.12. The molecular formula is C14H29O. The van der Waals surface area contributed by atoms with E-state index in [4.69, 9.17) is 4.74 Å². The molecule has 0 N–H and O–H groups in total. The number of ether oxygens (including phenoxy) is 1.